The fourth-order valence-electron chi connectivity index (χ4n) is 2.34. The molecule has 4 rings (SSSR count). The number of anilines is 2. The average molecular weight is 364 g/mol. The van der Waals surface area contributed by atoms with Crippen molar-refractivity contribution in [3.63, 3.8) is 0 Å². The first-order valence-electron chi connectivity index (χ1n) is 7.15. The lowest BCUT2D eigenvalue weighted by Gasteiger charge is -2.08. The Hall–Kier alpha value is -3.01. The molecule has 10 heteroatoms. The highest BCUT2D eigenvalue weighted by atomic mass is 32.1. The molecule has 0 spiro atoms. The molecule has 1 aliphatic rings. The van der Waals surface area contributed by atoms with Gasteiger partial charge in [-0.3, -0.25) is 4.79 Å². The average Bonchev–Trinajstić information content (AvgIpc) is 3.15. The molecule has 2 aromatic carbocycles. The molecule has 0 unspecified atom stereocenters. The number of carbonyl (C=O) groups is 1. The third kappa shape index (κ3) is 3.15. The van der Waals surface area contributed by atoms with Gasteiger partial charge >= 0.3 is 6.29 Å². The largest absolute Gasteiger partial charge is 0.586 e. The van der Waals surface area contributed by atoms with Crippen molar-refractivity contribution in [3.05, 3.63) is 36.4 Å². The van der Waals surface area contributed by atoms with Crippen LogP contribution in [0.3, 0.4) is 0 Å². The molecular weight excluding hydrogens is 354 g/mol. The predicted octanol–water partition coefficient (Wildman–Crippen LogP) is 3.06. The van der Waals surface area contributed by atoms with Crippen LogP contribution < -0.4 is 20.1 Å². The molecule has 1 aromatic heterocycles. The highest BCUT2D eigenvalue weighted by Crippen LogP contribution is 2.42. The minimum Gasteiger partial charge on any atom is -0.395 e. The summed E-state index contributed by atoms with van der Waals surface area (Å²) < 4.78 is 42.9. The van der Waals surface area contributed by atoms with E-state index in [2.05, 4.69) is 28.9 Å². The smallest absolute Gasteiger partial charge is 0.395 e. The number of halogens is 2. The number of nitrogens with zero attached hydrogens (tertiary/aromatic N) is 2. The monoisotopic (exact) mass is 364 g/mol. The molecule has 2 heterocycles. The first kappa shape index (κ1) is 15.5. The van der Waals surface area contributed by atoms with E-state index in [-0.39, 0.29) is 24.0 Å². The second kappa shape index (κ2) is 5.81. The number of rotatable bonds is 4. The van der Waals surface area contributed by atoms with Crippen LogP contribution in [0.15, 0.2) is 36.4 Å². The van der Waals surface area contributed by atoms with E-state index in [1.165, 1.54) is 18.2 Å². The van der Waals surface area contributed by atoms with Crippen molar-refractivity contribution in [1.29, 1.82) is 0 Å². The van der Waals surface area contributed by atoms with E-state index in [9.17, 15) is 13.6 Å². The summed E-state index contributed by atoms with van der Waals surface area (Å²) in [5.74, 6) is -0.458. The molecule has 2 N–H and O–H groups in total. The molecule has 0 fully saturated rings. The molecule has 0 saturated carbocycles. The van der Waals surface area contributed by atoms with Crippen molar-refractivity contribution in [3.8, 4) is 11.5 Å². The van der Waals surface area contributed by atoms with Crippen molar-refractivity contribution in [2.24, 2.45) is 0 Å². The summed E-state index contributed by atoms with van der Waals surface area (Å²) in [6.45, 7) is -0.0655. The van der Waals surface area contributed by atoms with Gasteiger partial charge in [-0.05, 0) is 24.3 Å². The number of fused-ring (bicyclic) bond motifs is 2. The Balaban J connectivity index is 1.41. The summed E-state index contributed by atoms with van der Waals surface area (Å²) in [7, 11) is 0. The maximum Gasteiger partial charge on any atom is 0.586 e. The Morgan fingerprint density at radius 3 is 2.88 bits per heavy atom. The topological polar surface area (TPSA) is 85.4 Å². The minimum atomic E-state index is -3.67. The molecule has 0 aliphatic carbocycles. The van der Waals surface area contributed by atoms with E-state index in [1.807, 2.05) is 0 Å². The van der Waals surface area contributed by atoms with Gasteiger partial charge in [0.05, 0.1) is 24.0 Å². The van der Waals surface area contributed by atoms with Gasteiger partial charge in [0.2, 0.25) is 5.91 Å². The highest BCUT2D eigenvalue weighted by molar-refractivity contribution is 7.00. The number of aromatic nitrogens is 2. The Labute approximate surface area is 143 Å². The molecule has 1 aliphatic heterocycles. The second-order valence-electron chi connectivity index (χ2n) is 5.17. The number of hydrogen-bond acceptors (Lipinski definition) is 7. The van der Waals surface area contributed by atoms with Crippen molar-refractivity contribution >= 4 is 40.0 Å². The van der Waals surface area contributed by atoms with Crippen LogP contribution >= 0.6 is 11.7 Å². The normalized spacial score (nSPS) is 14.5. The molecule has 1 amide bonds. The van der Waals surface area contributed by atoms with E-state index < -0.39 is 6.29 Å². The number of nitrogens with one attached hydrogen (secondary N) is 2. The van der Waals surface area contributed by atoms with Crippen LogP contribution in [0.5, 0.6) is 11.5 Å². The SMILES string of the molecule is O=C(CNc1ccc2c(c1)OC(F)(F)O2)Nc1cccc2nsnc12. The zero-order chi connectivity index (χ0) is 17.4. The maximum atomic E-state index is 13.0. The molecule has 0 atom stereocenters. The Bertz CT molecular complexity index is 963. The molecular formula is C15H10F2N4O3S. The zero-order valence-electron chi connectivity index (χ0n) is 12.5. The number of alkyl halides is 2. The van der Waals surface area contributed by atoms with Crippen molar-refractivity contribution < 1.29 is 23.0 Å². The van der Waals surface area contributed by atoms with Gasteiger partial charge < -0.3 is 20.1 Å². The van der Waals surface area contributed by atoms with Gasteiger partial charge in [0.15, 0.2) is 11.5 Å². The van der Waals surface area contributed by atoms with Gasteiger partial charge in [0.1, 0.15) is 11.0 Å². The molecule has 0 saturated heterocycles. The van der Waals surface area contributed by atoms with E-state index in [1.54, 1.807) is 18.2 Å². The van der Waals surface area contributed by atoms with Gasteiger partial charge in [0.25, 0.3) is 0 Å². The summed E-state index contributed by atoms with van der Waals surface area (Å²) in [6.07, 6.45) is -3.67. The van der Waals surface area contributed by atoms with E-state index in [4.69, 9.17) is 0 Å². The number of ether oxygens (including phenoxy) is 2. The molecule has 7 nitrogen and oxygen atoms in total. The zero-order valence-corrected chi connectivity index (χ0v) is 13.3. The summed E-state index contributed by atoms with van der Waals surface area (Å²) in [4.78, 5) is 12.1. The quantitative estimate of drug-likeness (QED) is 0.740. The summed E-state index contributed by atoms with van der Waals surface area (Å²) in [6, 6.07) is 9.50. The third-order valence-electron chi connectivity index (χ3n) is 3.41. The molecule has 3 aromatic rings. The first-order chi connectivity index (χ1) is 12.0. The Kier molecular flexibility index (Phi) is 3.61. The van der Waals surface area contributed by atoms with Gasteiger partial charge in [0, 0.05) is 11.8 Å². The van der Waals surface area contributed by atoms with Gasteiger partial charge in [-0.1, -0.05) is 6.07 Å². The highest BCUT2D eigenvalue weighted by Gasteiger charge is 2.43. The van der Waals surface area contributed by atoms with Gasteiger partial charge in [-0.15, -0.1) is 8.78 Å². The van der Waals surface area contributed by atoms with Crippen molar-refractivity contribution in [2.75, 3.05) is 17.2 Å². The van der Waals surface area contributed by atoms with Crippen LogP contribution in [0.1, 0.15) is 0 Å². The Morgan fingerprint density at radius 2 is 2.00 bits per heavy atom. The van der Waals surface area contributed by atoms with Crippen LogP contribution in [-0.4, -0.2) is 27.5 Å². The lowest BCUT2D eigenvalue weighted by Crippen LogP contribution is -2.25. The van der Waals surface area contributed by atoms with Gasteiger partial charge in [-0.2, -0.15) is 8.75 Å². The summed E-state index contributed by atoms with van der Waals surface area (Å²) >= 11 is 1.06. The Morgan fingerprint density at radius 1 is 1.16 bits per heavy atom. The number of carbonyl (C=O) groups excluding carboxylic acids is 1. The lowest BCUT2D eigenvalue weighted by atomic mass is 10.2. The van der Waals surface area contributed by atoms with Crippen LogP contribution in [-0.2, 0) is 4.79 Å². The van der Waals surface area contributed by atoms with Crippen LogP contribution in [0, 0.1) is 0 Å². The second-order valence-corrected chi connectivity index (χ2v) is 5.70. The summed E-state index contributed by atoms with van der Waals surface area (Å²) in [5, 5.41) is 5.57. The van der Waals surface area contributed by atoms with Gasteiger partial charge in [-0.25, -0.2) is 0 Å². The fourth-order valence-corrected chi connectivity index (χ4v) is 2.89. The van der Waals surface area contributed by atoms with Crippen LogP contribution in [0.25, 0.3) is 11.0 Å². The number of amides is 1. The van der Waals surface area contributed by atoms with Crippen LogP contribution in [0.4, 0.5) is 20.2 Å². The minimum absolute atomic E-state index is 0.0530. The standard InChI is InChI=1S/C15H10F2N4O3S/c16-15(17)23-11-5-4-8(6-12(11)24-15)18-7-13(22)19-9-2-1-3-10-14(9)21-25-20-10/h1-6,18H,7H2,(H,19,22). The van der Waals surface area contributed by atoms with E-state index in [0.717, 1.165) is 11.7 Å². The maximum absolute atomic E-state index is 13.0. The summed E-state index contributed by atoms with van der Waals surface area (Å²) in [5.41, 5.74) is 2.32. The van der Waals surface area contributed by atoms with E-state index >= 15 is 0 Å². The molecule has 25 heavy (non-hydrogen) atoms. The van der Waals surface area contributed by atoms with Crippen molar-refractivity contribution in [1.82, 2.24) is 8.75 Å². The molecule has 0 bridgehead atoms. The number of hydrogen-bond donors (Lipinski definition) is 2. The number of benzene rings is 2. The third-order valence-corrected chi connectivity index (χ3v) is 3.96. The molecule has 0 radical (unpaired) electrons. The first-order valence-corrected chi connectivity index (χ1v) is 7.88. The lowest BCUT2D eigenvalue weighted by molar-refractivity contribution is -0.286. The molecule has 128 valence electrons. The van der Waals surface area contributed by atoms with Crippen LogP contribution in [0.2, 0.25) is 0 Å². The van der Waals surface area contributed by atoms with Crippen molar-refractivity contribution in [2.45, 2.75) is 6.29 Å². The predicted molar refractivity (Wildman–Crippen MR) is 87.2 cm³/mol. The fraction of sp³-hybridized carbons (Fsp3) is 0.133. The van der Waals surface area contributed by atoms with E-state index in [0.29, 0.717) is 22.4 Å².